The summed E-state index contributed by atoms with van der Waals surface area (Å²) >= 11 is 0. The van der Waals surface area contributed by atoms with Gasteiger partial charge in [-0.3, -0.25) is 0 Å². The second-order valence-electron chi connectivity index (χ2n) is 6.33. The summed E-state index contributed by atoms with van der Waals surface area (Å²) in [5.74, 6) is 1.79. The van der Waals surface area contributed by atoms with E-state index in [0.29, 0.717) is 23.9 Å². The topological polar surface area (TPSA) is 105 Å². The second kappa shape index (κ2) is 7.15. The summed E-state index contributed by atoms with van der Waals surface area (Å²) < 4.78 is 12.4. The number of ether oxygens (including phenoxy) is 1. The minimum Gasteiger partial charge on any atom is -0.494 e. The molecule has 0 unspecified atom stereocenters. The van der Waals surface area contributed by atoms with Crippen molar-refractivity contribution in [2.24, 2.45) is 0 Å². The second-order valence-corrected chi connectivity index (χ2v) is 6.33. The van der Waals surface area contributed by atoms with Gasteiger partial charge in [0.15, 0.2) is 11.5 Å². The summed E-state index contributed by atoms with van der Waals surface area (Å²) in [5.41, 5.74) is 10.5. The lowest BCUT2D eigenvalue weighted by Gasteiger charge is -2.08. The van der Waals surface area contributed by atoms with Crippen LogP contribution in [-0.4, -0.2) is 31.7 Å². The highest BCUT2D eigenvalue weighted by Gasteiger charge is 2.20. The Morgan fingerprint density at radius 1 is 1.11 bits per heavy atom. The number of aromatic nitrogens is 5. The molecule has 0 spiro atoms. The average molecular weight is 376 g/mol. The van der Waals surface area contributed by atoms with Crippen molar-refractivity contribution in [1.82, 2.24) is 25.1 Å². The van der Waals surface area contributed by atoms with Crippen LogP contribution in [0.1, 0.15) is 18.1 Å². The highest BCUT2D eigenvalue weighted by atomic mass is 16.5. The van der Waals surface area contributed by atoms with Crippen LogP contribution in [0.4, 0.5) is 5.82 Å². The molecule has 8 heteroatoms. The van der Waals surface area contributed by atoms with E-state index >= 15 is 0 Å². The molecule has 2 heterocycles. The van der Waals surface area contributed by atoms with E-state index < -0.39 is 0 Å². The van der Waals surface area contributed by atoms with Crippen LogP contribution >= 0.6 is 0 Å². The van der Waals surface area contributed by atoms with E-state index in [0.717, 1.165) is 28.1 Å². The first-order valence-corrected chi connectivity index (χ1v) is 8.93. The third-order valence-corrected chi connectivity index (χ3v) is 4.56. The molecule has 0 bridgehead atoms. The molecule has 2 N–H and O–H groups in total. The molecule has 0 fully saturated rings. The maximum atomic E-state index is 6.28. The lowest BCUT2D eigenvalue weighted by atomic mass is 10.1. The number of nitrogens with zero attached hydrogens (tertiary/aromatic N) is 5. The zero-order valence-electron chi connectivity index (χ0n) is 15.9. The Bertz CT molecular complexity index is 1110. The van der Waals surface area contributed by atoms with Gasteiger partial charge >= 0.3 is 0 Å². The molecule has 28 heavy (non-hydrogen) atoms. The predicted octanol–water partition coefficient (Wildman–Crippen LogP) is 3.58. The van der Waals surface area contributed by atoms with Gasteiger partial charge in [0.05, 0.1) is 12.3 Å². The molecule has 4 rings (SSSR count). The zero-order valence-corrected chi connectivity index (χ0v) is 15.9. The number of benzene rings is 2. The van der Waals surface area contributed by atoms with Crippen LogP contribution in [0, 0.1) is 13.8 Å². The molecular formula is C20H20N6O2. The van der Waals surface area contributed by atoms with E-state index in [1.165, 1.54) is 0 Å². The summed E-state index contributed by atoms with van der Waals surface area (Å²) in [5, 5.41) is 12.4. The van der Waals surface area contributed by atoms with Gasteiger partial charge in [-0.1, -0.05) is 22.5 Å². The molecule has 4 aromatic rings. The van der Waals surface area contributed by atoms with E-state index in [1.54, 1.807) is 4.68 Å². The third-order valence-electron chi connectivity index (χ3n) is 4.56. The van der Waals surface area contributed by atoms with Crippen molar-refractivity contribution in [3.63, 3.8) is 0 Å². The summed E-state index contributed by atoms with van der Waals surface area (Å²) in [6.07, 6.45) is 0. The fourth-order valence-corrected chi connectivity index (χ4v) is 2.89. The molecule has 2 aromatic carbocycles. The zero-order chi connectivity index (χ0) is 19.7. The van der Waals surface area contributed by atoms with E-state index in [-0.39, 0.29) is 5.89 Å². The van der Waals surface area contributed by atoms with E-state index in [9.17, 15) is 0 Å². The molecule has 0 aliphatic heterocycles. The Morgan fingerprint density at radius 2 is 1.89 bits per heavy atom. The van der Waals surface area contributed by atoms with Gasteiger partial charge in [0.1, 0.15) is 5.75 Å². The van der Waals surface area contributed by atoms with Crippen LogP contribution in [0.5, 0.6) is 5.75 Å². The first-order chi connectivity index (χ1) is 13.6. The minimum absolute atomic E-state index is 0.220. The van der Waals surface area contributed by atoms with Crippen LogP contribution in [-0.2, 0) is 0 Å². The average Bonchev–Trinajstić information content (AvgIpc) is 3.32. The van der Waals surface area contributed by atoms with Crippen molar-refractivity contribution in [3.05, 3.63) is 53.6 Å². The van der Waals surface area contributed by atoms with E-state index in [2.05, 4.69) is 20.5 Å². The van der Waals surface area contributed by atoms with Gasteiger partial charge < -0.3 is 15.0 Å². The van der Waals surface area contributed by atoms with Gasteiger partial charge in [-0.05, 0) is 62.2 Å². The third kappa shape index (κ3) is 3.09. The van der Waals surface area contributed by atoms with Gasteiger partial charge in [-0.15, -0.1) is 5.10 Å². The largest absolute Gasteiger partial charge is 0.494 e. The highest BCUT2D eigenvalue weighted by Crippen LogP contribution is 2.28. The van der Waals surface area contributed by atoms with Crippen molar-refractivity contribution >= 4 is 5.82 Å². The van der Waals surface area contributed by atoms with E-state index in [4.69, 9.17) is 15.0 Å². The minimum atomic E-state index is 0.220. The fraction of sp³-hybridized carbons (Fsp3) is 0.200. The first kappa shape index (κ1) is 17.7. The number of nitrogens with two attached hydrogens (primary N) is 1. The van der Waals surface area contributed by atoms with Crippen LogP contribution < -0.4 is 10.5 Å². The monoisotopic (exact) mass is 376 g/mol. The molecule has 0 amide bonds. The van der Waals surface area contributed by atoms with Crippen molar-refractivity contribution in [2.75, 3.05) is 12.3 Å². The van der Waals surface area contributed by atoms with Crippen molar-refractivity contribution in [2.45, 2.75) is 20.8 Å². The van der Waals surface area contributed by atoms with Crippen LogP contribution in [0.25, 0.3) is 28.7 Å². The SMILES string of the molecule is CCOc1ccc(-c2noc(-c3nnn(-c4cccc(C)c4C)c3N)n2)cc1. The van der Waals surface area contributed by atoms with Gasteiger partial charge in [-0.25, -0.2) is 0 Å². The molecule has 142 valence electrons. The van der Waals surface area contributed by atoms with Gasteiger partial charge in [-0.2, -0.15) is 9.67 Å². The Morgan fingerprint density at radius 3 is 2.64 bits per heavy atom. The number of rotatable bonds is 5. The molecule has 0 aliphatic carbocycles. The van der Waals surface area contributed by atoms with Gasteiger partial charge in [0.25, 0.3) is 5.89 Å². The maximum Gasteiger partial charge on any atom is 0.282 e. The first-order valence-electron chi connectivity index (χ1n) is 8.93. The quantitative estimate of drug-likeness (QED) is 0.567. The normalized spacial score (nSPS) is 11.0. The summed E-state index contributed by atoms with van der Waals surface area (Å²) in [4.78, 5) is 4.42. The lowest BCUT2D eigenvalue weighted by molar-refractivity contribution is 0.340. The maximum absolute atomic E-state index is 6.28. The molecule has 0 saturated heterocycles. The van der Waals surface area contributed by atoms with Gasteiger partial charge in [0.2, 0.25) is 5.82 Å². The van der Waals surface area contributed by atoms with Crippen LogP contribution in [0.2, 0.25) is 0 Å². The van der Waals surface area contributed by atoms with Crippen molar-refractivity contribution < 1.29 is 9.26 Å². The fourth-order valence-electron chi connectivity index (χ4n) is 2.89. The van der Waals surface area contributed by atoms with E-state index in [1.807, 2.05) is 63.2 Å². The lowest BCUT2D eigenvalue weighted by Crippen LogP contribution is -2.05. The van der Waals surface area contributed by atoms with Crippen molar-refractivity contribution in [1.29, 1.82) is 0 Å². The summed E-state index contributed by atoms with van der Waals surface area (Å²) in [6, 6.07) is 13.4. The number of anilines is 1. The Kier molecular flexibility index (Phi) is 4.52. The molecule has 2 aromatic heterocycles. The standard InChI is InChI=1S/C20H20N6O2/c1-4-27-15-10-8-14(9-11-15)19-22-20(28-24-19)17-18(21)26(25-23-17)16-7-5-6-12(2)13(16)3/h5-11H,4,21H2,1-3H3. The van der Waals surface area contributed by atoms with Crippen LogP contribution in [0.3, 0.4) is 0 Å². The Labute approximate surface area is 161 Å². The molecule has 0 atom stereocenters. The molecule has 0 radical (unpaired) electrons. The summed E-state index contributed by atoms with van der Waals surface area (Å²) in [7, 11) is 0. The smallest absolute Gasteiger partial charge is 0.282 e. The molecular weight excluding hydrogens is 356 g/mol. The van der Waals surface area contributed by atoms with Crippen molar-refractivity contribution in [3.8, 4) is 34.4 Å². The molecule has 0 aliphatic rings. The number of nitrogen functional groups attached to an aromatic ring is 1. The summed E-state index contributed by atoms with van der Waals surface area (Å²) in [6.45, 7) is 6.60. The number of aryl methyl sites for hydroxylation is 1. The predicted molar refractivity (Wildman–Crippen MR) is 105 cm³/mol. The Hall–Kier alpha value is -3.68. The molecule has 8 nitrogen and oxygen atoms in total. The molecule has 0 saturated carbocycles. The number of hydrogen-bond donors (Lipinski definition) is 1. The number of hydrogen-bond acceptors (Lipinski definition) is 7. The van der Waals surface area contributed by atoms with Crippen LogP contribution in [0.15, 0.2) is 47.0 Å². The highest BCUT2D eigenvalue weighted by molar-refractivity contribution is 5.67. The Balaban J connectivity index is 1.66. The van der Waals surface area contributed by atoms with Gasteiger partial charge in [0, 0.05) is 5.56 Å².